The van der Waals surface area contributed by atoms with Crippen molar-refractivity contribution in [1.82, 2.24) is 4.90 Å². The summed E-state index contributed by atoms with van der Waals surface area (Å²) in [6, 6.07) is 12.6. The van der Waals surface area contributed by atoms with Crippen molar-refractivity contribution in [1.29, 1.82) is 0 Å². The molecule has 0 N–H and O–H groups in total. The number of hydrogen-bond acceptors (Lipinski definition) is 3. The zero-order valence-corrected chi connectivity index (χ0v) is 14.4. The third-order valence-electron chi connectivity index (χ3n) is 4.86. The van der Waals surface area contributed by atoms with E-state index in [-0.39, 0.29) is 29.0 Å². The van der Waals surface area contributed by atoms with Crippen LogP contribution in [0, 0.1) is 12.7 Å². The van der Waals surface area contributed by atoms with Crippen molar-refractivity contribution in [2.24, 2.45) is 0 Å². The Balaban J connectivity index is 1.71. The average molecular weight is 351 g/mol. The second kappa shape index (κ2) is 6.41. The molecule has 3 aromatic rings. The molecular weight excluding hydrogens is 333 g/mol. The van der Waals surface area contributed by atoms with E-state index in [4.69, 9.17) is 4.42 Å². The van der Waals surface area contributed by atoms with Crippen molar-refractivity contribution < 1.29 is 13.6 Å². The Morgan fingerprint density at radius 1 is 1.15 bits per heavy atom. The first-order valence-electron chi connectivity index (χ1n) is 8.64. The molecule has 1 atom stereocenters. The van der Waals surface area contributed by atoms with Gasteiger partial charge in [0.15, 0.2) is 11.2 Å². The monoisotopic (exact) mass is 351 g/mol. The number of hydrogen-bond donors (Lipinski definition) is 0. The van der Waals surface area contributed by atoms with Gasteiger partial charge in [-0.05, 0) is 55.2 Å². The van der Waals surface area contributed by atoms with Crippen LogP contribution in [0.4, 0.5) is 4.39 Å². The maximum Gasteiger partial charge on any atom is 0.290 e. The van der Waals surface area contributed by atoms with E-state index >= 15 is 0 Å². The molecule has 5 heteroatoms. The Kier molecular flexibility index (Phi) is 4.07. The Labute approximate surface area is 149 Å². The van der Waals surface area contributed by atoms with Gasteiger partial charge in [0.05, 0.1) is 11.4 Å². The van der Waals surface area contributed by atoms with Gasteiger partial charge in [-0.3, -0.25) is 9.59 Å². The van der Waals surface area contributed by atoms with E-state index in [1.54, 1.807) is 29.2 Å². The number of fused-ring (bicyclic) bond motifs is 1. The summed E-state index contributed by atoms with van der Waals surface area (Å²) in [7, 11) is 0. The fourth-order valence-electron chi connectivity index (χ4n) is 3.55. The van der Waals surface area contributed by atoms with E-state index in [9.17, 15) is 14.0 Å². The van der Waals surface area contributed by atoms with Gasteiger partial charge in [0.2, 0.25) is 0 Å². The highest BCUT2D eigenvalue weighted by atomic mass is 19.1. The number of rotatable bonds is 2. The molecule has 0 saturated carbocycles. The van der Waals surface area contributed by atoms with Crippen LogP contribution in [0.5, 0.6) is 0 Å². The molecule has 0 unspecified atom stereocenters. The van der Waals surface area contributed by atoms with Gasteiger partial charge in [0.1, 0.15) is 11.4 Å². The zero-order chi connectivity index (χ0) is 18.3. The Morgan fingerprint density at radius 2 is 1.92 bits per heavy atom. The molecule has 1 amide bonds. The molecule has 1 aliphatic heterocycles. The van der Waals surface area contributed by atoms with Gasteiger partial charge in [-0.1, -0.05) is 18.2 Å². The maximum atomic E-state index is 13.2. The van der Waals surface area contributed by atoms with E-state index < -0.39 is 0 Å². The predicted molar refractivity (Wildman–Crippen MR) is 96.6 cm³/mol. The molecule has 0 aliphatic carbocycles. The molecule has 1 aromatic heterocycles. The first kappa shape index (κ1) is 16.5. The number of aryl methyl sites for hydroxylation is 1. The van der Waals surface area contributed by atoms with Crippen LogP contribution in [0.25, 0.3) is 11.0 Å². The second-order valence-electron chi connectivity index (χ2n) is 6.68. The van der Waals surface area contributed by atoms with Crippen molar-refractivity contribution in [2.75, 3.05) is 6.54 Å². The zero-order valence-electron chi connectivity index (χ0n) is 14.4. The van der Waals surface area contributed by atoms with Crippen molar-refractivity contribution in [2.45, 2.75) is 25.8 Å². The quantitative estimate of drug-likeness (QED) is 0.695. The summed E-state index contributed by atoms with van der Waals surface area (Å²) in [5.74, 6) is -0.569. The summed E-state index contributed by atoms with van der Waals surface area (Å²) < 4.78 is 18.9. The van der Waals surface area contributed by atoms with Crippen LogP contribution >= 0.6 is 0 Å². The summed E-state index contributed by atoms with van der Waals surface area (Å²) >= 11 is 0. The van der Waals surface area contributed by atoms with Gasteiger partial charge in [-0.25, -0.2) is 4.39 Å². The number of nitrogens with zero attached hydrogens (tertiary/aromatic N) is 1. The van der Waals surface area contributed by atoms with Crippen molar-refractivity contribution in [3.8, 4) is 0 Å². The van der Waals surface area contributed by atoms with Crippen molar-refractivity contribution in [3.63, 3.8) is 0 Å². The molecule has 1 aliphatic rings. The molecule has 4 rings (SSSR count). The summed E-state index contributed by atoms with van der Waals surface area (Å²) in [4.78, 5) is 27.0. The van der Waals surface area contributed by atoms with Crippen LogP contribution in [0.3, 0.4) is 0 Å². The fraction of sp³-hybridized carbons (Fsp3) is 0.238. The van der Waals surface area contributed by atoms with Gasteiger partial charge in [0, 0.05) is 12.6 Å². The Morgan fingerprint density at radius 3 is 2.69 bits per heavy atom. The molecule has 0 radical (unpaired) electrons. The summed E-state index contributed by atoms with van der Waals surface area (Å²) in [5.41, 5.74) is 2.03. The third-order valence-corrected chi connectivity index (χ3v) is 4.86. The maximum absolute atomic E-state index is 13.2. The lowest BCUT2D eigenvalue weighted by Crippen LogP contribution is -2.31. The van der Waals surface area contributed by atoms with E-state index in [1.807, 2.05) is 13.0 Å². The standard InChI is InChI=1S/C21H18FNO3/c1-13-4-9-16-18(24)12-20(26-19(16)11-13)21(25)23-10-2-3-17(23)14-5-7-15(22)8-6-14/h4-9,11-12,17H,2-3,10H2,1H3/t17-/m1/s1. The minimum Gasteiger partial charge on any atom is -0.451 e. The average Bonchev–Trinajstić information content (AvgIpc) is 3.11. The number of carbonyl (C=O) groups excluding carboxylic acids is 1. The van der Waals surface area contributed by atoms with E-state index in [0.717, 1.165) is 24.0 Å². The molecule has 26 heavy (non-hydrogen) atoms. The highest BCUT2D eigenvalue weighted by Crippen LogP contribution is 2.33. The topological polar surface area (TPSA) is 50.5 Å². The lowest BCUT2D eigenvalue weighted by Gasteiger charge is -2.24. The highest BCUT2D eigenvalue weighted by molar-refractivity contribution is 5.93. The molecule has 1 fully saturated rings. The van der Waals surface area contributed by atoms with Gasteiger partial charge >= 0.3 is 0 Å². The molecule has 1 saturated heterocycles. The van der Waals surface area contributed by atoms with Gasteiger partial charge in [0.25, 0.3) is 5.91 Å². The van der Waals surface area contributed by atoms with Gasteiger partial charge < -0.3 is 9.32 Å². The summed E-state index contributed by atoms with van der Waals surface area (Å²) in [6.07, 6.45) is 1.65. The number of carbonyl (C=O) groups is 1. The third kappa shape index (κ3) is 2.90. The van der Waals surface area contributed by atoms with Crippen LogP contribution in [-0.4, -0.2) is 17.4 Å². The summed E-state index contributed by atoms with van der Waals surface area (Å²) in [5, 5.41) is 0.462. The van der Waals surface area contributed by atoms with E-state index in [1.165, 1.54) is 18.2 Å². The first-order chi connectivity index (χ1) is 12.5. The lowest BCUT2D eigenvalue weighted by atomic mass is 10.0. The minimum absolute atomic E-state index is 0.0436. The lowest BCUT2D eigenvalue weighted by molar-refractivity contribution is 0.0704. The van der Waals surface area contributed by atoms with Gasteiger partial charge in [-0.2, -0.15) is 0 Å². The molecule has 4 nitrogen and oxygen atoms in total. The number of halogens is 1. The van der Waals surface area contributed by atoms with E-state index in [0.29, 0.717) is 17.5 Å². The van der Waals surface area contributed by atoms with Crippen molar-refractivity contribution in [3.05, 3.63) is 81.5 Å². The molecule has 2 heterocycles. The SMILES string of the molecule is Cc1ccc2c(=O)cc(C(=O)N3CCC[C@@H]3c3ccc(F)cc3)oc2c1. The smallest absolute Gasteiger partial charge is 0.290 e. The fourth-order valence-corrected chi connectivity index (χ4v) is 3.55. The van der Waals surface area contributed by atoms with Crippen LogP contribution < -0.4 is 5.43 Å². The Hall–Kier alpha value is -2.95. The largest absolute Gasteiger partial charge is 0.451 e. The molecular formula is C21H18FNO3. The number of likely N-dealkylation sites (tertiary alicyclic amines) is 1. The predicted octanol–water partition coefficient (Wildman–Crippen LogP) is 4.22. The summed E-state index contributed by atoms with van der Waals surface area (Å²) in [6.45, 7) is 2.48. The van der Waals surface area contributed by atoms with Gasteiger partial charge in [-0.15, -0.1) is 0 Å². The number of amides is 1. The second-order valence-corrected chi connectivity index (χ2v) is 6.68. The number of benzene rings is 2. The van der Waals surface area contributed by atoms with Crippen LogP contribution in [0.15, 0.2) is 57.7 Å². The van der Waals surface area contributed by atoms with Crippen LogP contribution in [-0.2, 0) is 0 Å². The Bertz CT molecular complexity index is 1040. The molecule has 132 valence electrons. The highest BCUT2D eigenvalue weighted by Gasteiger charge is 2.32. The van der Waals surface area contributed by atoms with Crippen molar-refractivity contribution >= 4 is 16.9 Å². The van der Waals surface area contributed by atoms with E-state index in [2.05, 4.69) is 0 Å². The minimum atomic E-state index is -0.308. The van der Waals surface area contributed by atoms with Crippen LogP contribution in [0.2, 0.25) is 0 Å². The normalized spacial score (nSPS) is 17.0. The first-order valence-corrected chi connectivity index (χ1v) is 8.64. The molecule has 0 spiro atoms. The van der Waals surface area contributed by atoms with Crippen LogP contribution in [0.1, 0.15) is 40.6 Å². The molecule has 2 aromatic carbocycles. The molecule has 0 bridgehead atoms.